The van der Waals surface area contributed by atoms with Crippen molar-refractivity contribution >= 4 is 23.5 Å². The zero-order valence-electron chi connectivity index (χ0n) is 23.0. The van der Waals surface area contributed by atoms with Gasteiger partial charge in [-0.05, 0) is 75.5 Å². The molecule has 7 rings (SSSR count). The van der Waals surface area contributed by atoms with Crippen molar-refractivity contribution in [2.24, 2.45) is 11.8 Å². The van der Waals surface area contributed by atoms with Crippen LogP contribution in [0.5, 0.6) is 0 Å². The van der Waals surface area contributed by atoms with Gasteiger partial charge < -0.3 is 15.0 Å². The Morgan fingerprint density at radius 1 is 1.17 bits per heavy atom. The van der Waals surface area contributed by atoms with Gasteiger partial charge in [0.05, 0.1) is 12.1 Å². The van der Waals surface area contributed by atoms with E-state index in [0.29, 0.717) is 56.3 Å². The summed E-state index contributed by atoms with van der Waals surface area (Å²) in [6, 6.07) is 6.28. The molecular formula is C30H33FN6O4. The number of carbonyl (C=O) groups is 3. The molecule has 214 valence electrons. The Kier molecular flexibility index (Phi) is 6.34. The van der Waals surface area contributed by atoms with Gasteiger partial charge >= 0.3 is 0 Å². The topological polar surface area (TPSA) is 121 Å². The van der Waals surface area contributed by atoms with Crippen molar-refractivity contribution < 1.29 is 23.5 Å². The second-order valence-electron chi connectivity index (χ2n) is 11.9. The van der Waals surface area contributed by atoms with Gasteiger partial charge in [-0.3, -0.25) is 19.3 Å². The smallest absolute Gasteiger partial charge is 0.276 e. The third kappa shape index (κ3) is 4.31. The number of fused-ring (bicyclic) bond motifs is 2. The van der Waals surface area contributed by atoms with Crippen molar-refractivity contribution in [3.05, 3.63) is 46.9 Å². The fraction of sp³-hybridized carbons (Fsp3) is 0.567. The maximum absolute atomic E-state index is 14.3. The molecule has 3 aliphatic heterocycles. The number of nitrogens with one attached hydrogen (secondary N) is 1. The maximum Gasteiger partial charge on any atom is 0.276 e. The van der Waals surface area contributed by atoms with Crippen LogP contribution in [-0.2, 0) is 9.53 Å². The van der Waals surface area contributed by atoms with Gasteiger partial charge in [-0.15, -0.1) is 0 Å². The quantitative estimate of drug-likeness (QED) is 0.580. The lowest BCUT2D eigenvalue weighted by Crippen LogP contribution is -2.56. The highest BCUT2D eigenvalue weighted by Gasteiger charge is 2.57. The number of piperidine rings is 1. The first-order valence-electron chi connectivity index (χ1n) is 14.7. The minimum atomic E-state index is -0.927. The van der Waals surface area contributed by atoms with Crippen molar-refractivity contribution in [1.82, 2.24) is 20.0 Å². The summed E-state index contributed by atoms with van der Waals surface area (Å²) in [5, 5.41) is 17.7. The molecule has 0 unspecified atom stereocenters. The molecule has 2 aliphatic carbocycles. The zero-order chi connectivity index (χ0) is 28.4. The van der Waals surface area contributed by atoms with Gasteiger partial charge in [-0.1, -0.05) is 6.07 Å². The van der Waals surface area contributed by atoms with Gasteiger partial charge in [-0.2, -0.15) is 10.4 Å². The number of hydrogen-bond donors (Lipinski definition) is 1. The van der Waals surface area contributed by atoms with Gasteiger partial charge in [0.1, 0.15) is 23.7 Å². The van der Waals surface area contributed by atoms with Gasteiger partial charge in [0.25, 0.3) is 17.7 Å². The number of likely N-dealkylation sites (N-methyl/N-ethyl adjacent to an activating group) is 1. The molecule has 0 bridgehead atoms. The SMILES string of the molecule is CCN1C(=O)[C@@H](NC(=O)c2cccc(F)c2)[C@@H](C2CC2)c2c(C(=O)N3[C@H](C#N)C[C@H]4C[C@H]43)nn(C3CCOCC3)c21. The fourth-order valence-electron chi connectivity index (χ4n) is 7.21. The Morgan fingerprint density at radius 3 is 2.63 bits per heavy atom. The minimum absolute atomic E-state index is 0.0433. The molecule has 1 N–H and O–H groups in total. The predicted molar refractivity (Wildman–Crippen MR) is 145 cm³/mol. The molecule has 41 heavy (non-hydrogen) atoms. The first-order chi connectivity index (χ1) is 19.9. The Bertz CT molecular complexity index is 1460. The molecule has 5 aliphatic rings. The average Bonchev–Trinajstić information content (AvgIpc) is 3.90. The van der Waals surface area contributed by atoms with E-state index in [1.165, 1.54) is 18.2 Å². The van der Waals surface area contributed by atoms with E-state index < -0.39 is 29.7 Å². The highest BCUT2D eigenvalue weighted by Crippen LogP contribution is 2.53. The van der Waals surface area contributed by atoms with Crippen LogP contribution in [0.1, 0.15) is 83.8 Å². The van der Waals surface area contributed by atoms with Crippen LogP contribution in [0.3, 0.4) is 0 Å². The molecule has 2 saturated heterocycles. The van der Waals surface area contributed by atoms with Crippen molar-refractivity contribution in [3.63, 3.8) is 0 Å². The van der Waals surface area contributed by atoms with E-state index in [1.54, 1.807) is 9.80 Å². The fourth-order valence-corrected chi connectivity index (χ4v) is 7.21. The zero-order valence-corrected chi connectivity index (χ0v) is 23.0. The van der Waals surface area contributed by atoms with Gasteiger partial charge in [0.15, 0.2) is 5.69 Å². The summed E-state index contributed by atoms with van der Waals surface area (Å²) in [6.45, 7) is 3.32. The van der Waals surface area contributed by atoms with Crippen molar-refractivity contribution in [2.45, 2.75) is 75.5 Å². The molecule has 10 nitrogen and oxygen atoms in total. The van der Waals surface area contributed by atoms with Crippen molar-refractivity contribution in [3.8, 4) is 6.07 Å². The highest BCUT2D eigenvalue weighted by molar-refractivity contribution is 6.07. The summed E-state index contributed by atoms with van der Waals surface area (Å²) in [5.74, 6) is -0.990. The number of anilines is 1. The van der Waals surface area contributed by atoms with Crippen LogP contribution in [0.4, 0.5) is 10.2 Å². The number of benzene rings is 1. The molecule has 2 aromatic rings. The van der Waals surface area contributed by atoms with Crippen LogP contribution in [0.15, 0.2) is 24.3 Å². The summed E-state index contributed by atoms with van der Waals surface area (Å²) >= 11 is 0. The number of nitriles is 1. The van der Waals surface area contributed by atoms with E-state index >= 15 is 0 Å². The number of halogens is 1. The number of ether oxygens (including phenoxy) is 1. The molecule has 11 heteroatoms. The van der Waals surface area contributed by atoms with E-state index in [9.17, 15) is 24.0 Å². The van der Waals surface area contributed by atoms with Crippen molar-refractivity contribution in [1.29, 1.82) is 5.26 Å². The summed E-state index contributed by atoms with van der Waals surface area (Å²) in [6.07, 6.45) is 4.70. The monoisotopic (exact) mass is 560 g/mol. The van der Waals surface area contributed by atoms with Crippen LogP contribution in [-0.4, -0.2) is 70.3 Å². The summed E-state index contributed by atoms with van der Waals surface area (Å²) in [4.78, 5) is 45.1. The number of rotatable bonds is 6. The number of hydrogen-bond acceptors (Lipinski definition) is 6. The maximum atomic E-state index is 14.3. The molecule has 5 atom stereocenters. The minimum Gasteiger partial charge on any atom is -0.381 e. The summed E-state index contributed by atoms with van der Waals surface area (Å²) in [7, 11) is 0. The van der Waals surface area contributed by atoms with Crippen LogP contribution in [0.2, 0.25) is 0 Å². The van der Waals surface area contributed by atoms with Gasteiger partial charge in [0, 0.05) is 42.8 Å². The Labute approximate surface area is 237 Å². The van der Waals surface area contributed by atoms with E-state index in [0.717, 1.165) is 25.3 Å². The first-order valence-corrected chi connectivity index (χ1v) is 14.7. The molecule has 3 amide bonds. The van der Waals surface area contributed by atoms with E-state index in [4.69, 9.17) is 9.84 Å². The second-order valence-corrected chi connectivity index (χ2v) is 11.9. The molecular weight excluding hydrogens is 527 g/mol. The molecule has 1 aromatic carbocycles. The number of carbonyl (C=O) groups excluding carboxylic acids is 3. The van der Waals surface area contributed by atoms with E-state index in [-0.39, 0.29) is 41.1 Å². The Morgan fingerprint density at radius 2 is 1.95 bits per heavy atom. The second kappa shape index (κ2) is 9.94. The Hall–Kier alpha value is -3.78. The lowest BCUT2D eigenvalue weighted by molar-refractivity contribution is -0.121. The van der Waals surface area contributed by atoms with Gasteiger partial charge in [0.2, 0.25) is 0 Å². The molecule has 1 aromatic heterocycles. The normalized spacial score (nSPS) is 29.1. The van der Waals surface area contributed by atoms with Crippen LogP contribution in [0.25, 0.3) is 0 Å². The van der Waals surface area contributed by atoms with Crippen molar-refractivity contribution in [2.75, 3.05) is 24.7 Å². The third-order valence-corrected chi connectivity index (χ3v) is 9.45. The lowest BCUT2D eigenvalue weighted by atomic mass is 9.82. The summed E-state index contributed by atoms with van der Waals surface area (Å²) < 4.78 is 21.4. The average molecular weight is 561 g/mol. The van der Waals surface area contributed by atoms with Crippen LogP contribution >= 0.6 is 0 Å². The molecule has 0 radical (unpaired) electrons. The number of amides is 3. The van der Waals surface area contributed by atoms with E-state index in [2.05, 4.69) is 11.4 Å². The van der Waals surface area contributed by atoms with Crippen LogP contribution < -0.4 is 10.2 Å². The largest absolute Gasteiger partial charge is 0.381 e. The number of likely N-dealkylation sites (tertiary alicyclic amines) is 1. The highest BCUT2D eigenvalue weighted by atomic mass is 19.1. The molecule has 2 saturated carbocycles. The predicted octanol–water partition coefficient (Wildman–Crippen LogP) is 3.16. The Balaban J connectivity index is 1.35. The number of nitrogens with zero attached hydrogens (tertiary/aromatic N) is 5. The summed E-state index contributed by atoms with van der Waals surface area (Å²) in [5.41, 5.74) is 1.10. The lowest BCUT2D eigenvalue weighted by Gasteiger charge is -2.39. The van der Waals surface area contributed by atoms with Crippen LogP contribution in [0, 0.1) is 29.0 Å². The third-order valence-electron chi connectivity index (χ3n) is 9.45. The van der Waals surface area contributed by atoms with E-state index in [1.807, 2.05) is 11.6 Å². The van der Waals surface area contributed by atoms with Gasteiger partial charge in [-0.25, -0.2) is 9.07 Å². The molecule has 4 heterocycles. The standard InChI is InChI=1S/C30H33FN6O4/c1-2-35-28-24(23(16-6-7-16)25(29(35)39)33-27(38)17-4-3-5-19(31)12-17)26(34-37(28)20-8-10-41-11-9-20)30(40)36-21(15-32)13-18-14-22(18)36/h3-5,12,16,18,20-23,25H,2,6-11,13-14H2,1H3,(H,33,38)/t18-,21-,22+,23-,25-/m0/s1. The molecule has 4 fully saturated rings. The first kappa shape index (κ1) is 26.1. The molecule has 0 spiro atoms. The number of aromatic nitrogens is 2.